The van der Waals surface area contributed by atoms with Crippen LogP contribution in [0.4, 0.5) is 0 Å². The van der Waals surface area contributed by atoms with Crippen molar-refractivity contribution in [3.05, 3.63) is 0 Å². The Morgan fingerprint density at radius 1 is 1.27 bits per heavy atom. The van der Waals surface area contributed by atoms with Gasteiger partial charge in [0.1, 0.15) is 5.41 Å². The van der Waals surface area contributed by atoms with Crippen LogP contribution in [0.5, 0.6) is 0 Å². The van der Waals surface area contributed by atoms with Gasteiger partial charge in [0, 0.05) is 11.8 Å². The van der Waals surface area contributed by atoms with Crippen LogP contribution < -0.4 is 0 Å². The van der Waals surface area contributed by atoms with Crippen molar-refractivity contribution in [3.8, 4) is 0 Å². The second-order valence-corrected chi connectivity index (χ2v) is 4.67. The zero-order valence-electron chi connectivity index (χ0n) is 8.90. The lowest BCUT2D eigenvalue weighted by Gasteiger charge is -2.35. The molecule has 5 heteroatoms. The Labute approximate surface area is 87.1 Å². The molecule has 0 heterocycles. The SMILES string of the molecule is CC1(C)[C@H](C(=O)O)CC(=O)[C@]1(C)C(=O)O. The molecule has 0 saturated heterocycles. The highest BCUT2D eigenvalue weighted by atomic mass is 16.4. The van der Waals surface area contributed by atoms with Crippen LogP contribution >= 0.6 is 0 Å². The van der Waals surface area contributed by atoms with E-state index in [9.17, 15) is 14.4 Å². The number of carboxylic acids is 2. The first-order valence-corrected chi connectivity index (χ1v) is 4.65. The average Bonchev–Trinajstić information content (AvgIpc) is 2.26. The van der Waals surface area contributed by atoms with Crippen LogP contribution in [0.2, 0.25) is 0 Å². The predicted octanol–water partition coefficient (Wildman–Crippen LogP) is 0.777. The van der Waals surface area contributed by atoms with Gasteiger partial charge in [-0.1, -0.05) is 13.8 Å². The largest absolute Gasteiger partial charge is 0.481 e. The molecule has 0 radical (unpaired) electrons. The van der Waals surface area contributed by atoms with Gasteiger partial charge < -0.3 is 10.2 Å². The Bertz CT molecular complexity index is 344. The van der Waals surface area contributed by atoms with Gasteiger partial charge in [0.2, 0.25) is 0 Å². The second kappa shape index (κ2) is 3.05. The van der Waals surface area contributed by atoms with E-state index in [1.807, 2.05) is 0 Å². The number of carbonyl (C=O) groups is 3. The molecule has 1 rings (SSSR count). The Kier molecular flexibility index (Phi) is 2.38. The molecule has 5 nitrogen and oxygen atoms in total. The second-order valence-electron chi connectivity index (χ2n) is 4.67. The van der Waals surface area contributed by atoms with Gasteiger partial charge in [-0.2, -0.15) is 0 Å². The number of carbonyl (C=O) groups excluding carboxylic acids is 1. The first-order valence-electron chi connectivity index (χ1n) is 4.65. The fraction of sp³-hybridized carbons (Fsp3) is 0.700. The summed E-state index contributed by atoms with van der Waals surface area (Å²) in [5.41, 5.74) is -2.67. The monoisotopic (exact) mass is 214 g/mol. The van der Waals surface area contributed by atoms with Gasteiger partial charge in [0.15, 0.2) is 5.78 Å². The third kappa shape index (κ3) is 1.26. The zero-order valence-corrected chi connectivity index (χ0v) is 8.90. The Morgan fingerprint density at radius 3 is 1.93 bits per heavy atom. The first kappa shape index (κ1) is 11.7. The van der Waals surface area contributed by atoms with Gasteiger partial charge >= 0.3 is 11.9 Å². The fourth-order valence-corrected chi connectivity index (χ4v) is 2.14. The number of aliphatic carboxylic acids is 2. The minimum absolute atomic E-state index is 0.203. The summed E-state index contributed by atoms with van der Waals surface area (Å²) in [7, 11) is 0. The first-order chi connectivity index (χ1) is 6.65. The van der Waals surface area contributed by atoms with Crippen LogP contribution in [0.25, 0.3) is 0 Å². The highest BCUT2D eigenvalue weighted by Crippen LogP contribution is 2.53. The summed E-state index contributed by atoms with van der Waals surface area (Å²) in [6.07, 6.45) is -0.203. The van der Waals surface area contributed by atoms with Crippen molar-refractivity contribution < 1.29 is 24.6 Å². The Balaban J connectivity index is 3.28. The van der Waals surface area contributed by atoms with E-state index in [0.29, 0.717) is 0 Å². The average molecular weight is 214 g/mol. The Hall–Kier alpha value is -1.39. The van der Waals surface area contributed by atoms with Crippen molar-refractivity contribution in [3.63, 3.8) is 0 Å². The summed E-state index contributed by atoms with van der Waals surface area (Å²) in [6.45, 7) is 4.34. The molecule has 0 bridgehead atoms. The van der Waals surface area contributed by atoms with Crippen molar-refractivity contribution in [1.29, 1.82) is 0 Å². The van der Waals surface area contributed by atoms with Crippen molar-refractivity contribution in [2.24, 2.45) is 16.7 Å². The van der Waals surface area contributed by atoms with Gasteiger partial charge in [-0.25, -0.2) is 0 Å². The highest BCUT2D eigenvalue weighted by molar-refractivity contribution is 6.07. The van der Waals surface area contributed by atoms with Crippen LogP contribution in [-0.2, 0) is 14.4 Å². The van der Waals surface area contributed by atoms with Crippen molar-refractivity contribution >= 4 is 17.7 Å². The van der Waals surface area contributed by atoms with Crippen LogP contribution in [0.1, 0.15) is 27.2 Å². The van der Waals surface area contributed by atoms with E-state index in [4.69, 9.17) is 10.2 Å². The minimum Gasteiger partial charge on any atom is -0.481 e. The molecule has 1 aliphatic carbocycles. The standard InChI is InChI=1S/C10H14O5/c1-9(2)5(7(12)13)4-6(11)10(9,3)8(14)15/h5H,4H2,1-3H3,(H,12,13)(H,14,15)/t5-,10+/m0/s1. The topological polar surface area (TPSA) is 91.7 Å². The summed E-state index contributed by atoms with van der Waals surface area (Å²) in [4.78, 5) is 33.7. The molecule has 0 aromatic heterocycles. The fourth-order valence-electron chi connectivity index (χ4n) is 2.14. The van der Waals surface area contributed by atoms with E-state index in [1.165, 1.54) is 20.8 Å². The van der Waals surface area contributed by atoms with Crippen LogP contribution in [-0.4, -0.2) is 27.9 Å². The summed E-state index contributed by atoms with van der Waals surface area (Å²) in [5.74, 6) is -3.79. The molecule has 0 aliphatic heterocycles. The van der Waals surface area contributed by atoms with Crippen LogP contribution in [0, 0.1) is 16.7 Å². The zero-order chi connectivity index (χ0) is 12.0. The van der Waals surface area contributed by atoms with Gasteiger partial charge in [-0.05, 0) is 6.92 Å². The normalized spacial score (nSPS) is 34.1. The molecule has 1 saturated carbocycles. The predicted molar refractivity (Wildman–Crippen MR) is 50.3 cm³/mol. The third-order valence-electron chi connectivity index (χ3n) is 3.83. The van der Waals surface area contributed by atoms with Crippen molar-refractivity contribution in [1.82, 2.24) is 0 Å². The van der Waals surface area contributed by atoms with Crippen molar-refractivity contribution in [2.75, 3.05) is 0 Å². The highest BCUT2D eigenvalue weighted by Gasteiger charge is 2.64. The molecular formula is C10H14O5. The molecule has 1 aliphatic rings. The molecule has 84 valence electrons. The van der Waals surface area contributed by atoms with E-state index in [2.05, 4.69) is 0 Å². The van der Waals surface area contributed by atoms with Crippen molar-refractivity contribution in [2.45, 2.75) is 27.2 Å². The number of ketones is 1. The summed E-state index contributed by atoms with van der Waals surface area (Å²) in [5, 5.41) is 18.0. The summed E-state index contributed by atoms with van der Waals surface area (Å²) in [6, 6.07) is 0. The molecule has 2 N–H and O–H groups in total. The molecule has 1 fully saturated rings. The maximum atomic E-state index is 11.6. The maximum absolute atomic E-state index is 11.6. The number of hydrogen-bond acceptors (Lipinski definition) is 3. The lowest BCUT2D eigenvalue weighted by Crippen LogP contribution is -2.45. The molecule has 15 heavy (non-hydrogen) atoms. The maximum Gasteiger partial charge on any atom is 0.317 e. The van der Waals surface area contributed by atoms with E-state index in [1.54, 1.807) is 0 Å². The van der Waals surface area contributed by atoms with Gasteiger partial charge in [0.05, 0.1) is 5.92 Å². The molecule has 0 unspecified atom stereocenters. The van der Waals surface area contributed by atoms with E-state index in [0.717, 1.165) is 0 Å². The summed E-state index contributed by atoms with van der Waals surface area (Å²) < 4.78 is 0. The lowest BCUT2D eigenvalue weighted by molar-refractivity contribution is -0.160. The number of Topliss-reactive ketones (excluding diaryl/α,β-unsaturated/α-hetero) is 1. The smallest absolute Gasteiger partial charge is 0.317 e. The number of rotatable bonds is 2. The number of hydrogen-bond donors (Lipinski definition) is 2. The molecule has 0 amide bonds. The molecule has 2 atom stereocenters. The number of carboxylic acid groups (broad SMARTS) is 2. The summed E-state index contributed by atoms with van der Waals surface area (Å²) >= 11 is 0. The van der Waals surface area contributed by atoms with Crippen LogP contribution in [0.3, 0.4) is 0 Å². The van der Waals surface area contributed by atoms with Gasteiger partial charge in [-0.3, -0.25) is 14.4 Å². The van der Waals surface area contributed by atoms with E-state index < -0.39 is 34.5 Å². The minimum atomic E-state index is -1.60. The molecule has 0 spiro atoms. The molecule has 0 aromatic carbocycles. The quantitative estimate of drug-likeness (QED) is 0.662. The Morgan fingerprint density at radius 2 is 1.73 bits per heavy atom. The van der Waals surface area contributed by atoms with Gasteiger partial charge in [0.25, 0.3) is 0 Å². The van der Waals surface area contributed by atoms with E-state index >= 15 is 0 Å². The van der Waals surface area contributed by atoms with Gasteiger partial charge in [-0.15, -0.1) is 0 Å². The third-order valence-corrected chi connectivity index (χ3v) is 3.83. The molecular weight excluding hydrogens is 200 g/mol. The van der Waals surface area contributed by atoms with Crippen LogP contribution in [0.15, 0.2) is 0 Å². The van der Waals surface area contributed by atoms with E-state index in [-0.39, 0.29) is 6.42 Å². The lowest BCUT2D eigenvalue weighted by atomic mass is 9.65. The molecule has 0 aromatic rings.